The fourth-order valence-corrected chi connectivity index (χ4v) is 3.08. The van der Waals surface area contributed by atoms with Crippen LogP contribution in [0.2, 0.25) is 0 Å². The highest BCUT2D eigenvalue weighted by atomic mass is 16.5. The van der Waals surface area contributed by atoms with Gasteiger partial charge in [-0.15, -0.1) is 0 Å². The number of pyridine rings is 1. The molecule has 3 aromatic rings. The van der Waals surface area contributed by atoms with Crippen LogP contribution in [0.15, 0.2) is 55.0 Å². The highest BCUT2D eigenvalue weighted by molar-refractivity contribution is 5.75. The van der Waals surface area contributed by atoms with Crippen molar-refractivity contribution in [3.05, 3.63) is 55.0 Å². The SMILES string of the molecule is c1ccc2nc(N3CCC(COc4ccncc4)CC3)cnc2c1. The van der Waals surface area contributed by atoms with Crippen LogP contribution in [-0.4, -0.2) is 34.6 Å². The molecule has 1 aliphatic rings. The van der Waals surface area contributed by atoms with Crippen molar-refractivity contribution in [2.24, 2.45) is 5.92 Å². The van der Waals surface area contributed by atoms with Crippen molar-refractivity contribution in [3.63, 3.8) is 0 Å². The lowest BCUT2D eigenvalue weighted by Gasteiger charge is -2.32. The number of fused-ring (bicyclic) bond motifs is 1. The van der Waals surface area contributed by atoms with Gasteiger partial charge in [0.2, 0.25) is 0 Å². The molecule has 24 heavy (non-hydrogen) atoms. The van der Waals surface area contributed by atoms with Crippen molar-refractivity contribution in [3.8, 4) is 5.75 Å². The Morgan fingerprint density at radius 2 is 1.75 bits per heavy atom. The summed E-state index contributed by atoms with van der Waals surface area (Å²) in [7, 11) is 0. The third kappa shape index (κ3) is 3.30. The Hall–Kier alpha value is -2.69. The molecule has 1 fully saturated rings. The van der Waals surface area contributed by atoms with E-state index in [4.69, 9.17) is 9.72 Å². The second-order valence-corrected chi connectivity index (χ2v) is 6.14. The van der Waals surface area contributed by atoms with Crippen LogP contribution in [-0.2, 0) is 0 Å². The second-order valence-electron chi connectivity index (χ2n) is 6.14. The highest BCUT2D eigenvalue weighted by Gasteiger charge is 2.21. The lowest BCUT2D eigenvalue weighted by molar-refractivity contribution is 0.222. The van der Waals surface area contributed by atoms with Crippen LogP contribution in [0.3, 0.4) is 0 Å². The molecule has 5 heteroatoms. The summed E-state index contributed by atoms with van der Waals surface area (Å²) in [5.74, 6) is 2.46. The van der Waals surface area contributed by atoms with E-state index >= 15 is 0 Å². The number of benzene rings is 1. The van der Waals surface area contributed by atoms with E-state index in [9.17, 15) is 0 Å². The molecule has 3 heterocycles. The maximum atomic E-state index is 5.86. The molecule has 122 valence electrons. The minimum Gasteiger partial charge on any atom is -0.493 e. The van der Waals surface area contributed by atoms with E-state index in [0.717, 1.165) is 55.1 Å². The molecule has 0 atom stereocenters. The van der Waals surface area contributed by atoms with Gasteiger partial charge in [-0.05, 0) is 43.0 Å². The first-order chi connectivity index (χ1) is 11.9. The summed E-state index contributed by atoms with van der Waals surface area (Å²) in [5.41, 5.74) is 1.90. The summed E-state index contributed by atoms with van der Waals surface area (Å²) in [4.78, 5) is 15.6. The first kappa shape index (κ1) is 14.9. The zero-order valence-corrected chi connectivity index (χ0v) is 13.5. The first-order valence-electron chi connectivity index (χ1n) is 8.38. The molecular formula is C19H20N4O. The number of rotatable bonds is 4. The van der Waals surface area contributed by atoms with Gasteiger partial charge in [-0.25, -0.2) is 4.98 Å². The molecule has 2 aromatic heterocycles. The maximum Gasteiger partial charge on any atom is 0.147 e. The van der Waals surface area contributed by atoms with Crippen LogP contribution in [0.4, 0.5) is 5.82 Å². The average Bonchev–Trinajstić information content (AvgIpc) is 2.67. The monoisotopic (exact) mass is 320 g/mol. The van der Waals surface area contributed by atoms with E-state index in [1.165, 1.54) is 0 Å². The lowest BCUT2D eigenvalue weighted by Crippen LogP contribution is -2.36. The minimum atomic E-state index is 0.586. The number of hydrogen-bond donors (Lipinski definition) is 0. The van der Waals surface area contributed by atoms with E-state index < -0.39 is 0 Å². The average molecular weight is 320 g/mol. The van der Waals surface area contributed by atoms with Crippen molar-refractivity contribution >= 4 is 16.9 Å². The molecule has 1 saturated heterocycles. The van der Waals surface area contributed by atoms with E-state index in [-0.39, 0.29) is 0 Å². The Labute approximate surface area is 141 Å². The molecule has 4 rings (SSSR count). The Kier molecular flexibility index (Phi) is 4.23. The summed E-state index contributed by atoms with van der Waals surface area (Å²) in [6.45, 7) is 2.76. The van der Waals surface area contributed by atoms with Gasteiger partial charge in [-0.2, -0.15) is 0 Å². The van der Waals surface area contributed by atoms with Gasteiger partial charge in [0.25, 0.3) is 0 Å². The molecule has 0 unspecified atom stereocenters. The number of piperidine rings is 1. The second kappa shape index (κ2) is 6.83. The van der Waals surface area contributed by atoms with E-state index in [0.29, 0.717) is 5.92 Å². The molecule has 0 radical (unpaired) electrons. The van der Waals surface area contributed by atoms with Gasteiger partial charge in [-0.1, -0.05) is 12.1 Å². The Balaban J connectivity index is 1.35. The summed E-state index contributed by atoms with van der Waals surface area (Å²) >= 11 is 0. The van der Waals surface area contributed by atoms with Crippen LogP contribution in [0.25, 0.3) is 11.0 Å². The Morgan fingerprint density at radius 3 is 2.54 bits per heavy atom. The molecule has 0 bridgehead atoms. The van der Waals surface area contributed by atoms with Crippen LogP contribution >= 0.6 is 0 Å². The minimum absolute atomic E-state index is 0.586. The van der Waals surface area contributed by atoms with Crippen molar-refractivity contribution in [2.45, 2.75) is 12.8 Å². The molecular weight excluding hydrogens is 300 g/mol. The zero-order valence-electron chi connectivity index (χ0n) is 13.5. The van der Waals surface area contributed by atoms with Crippen molar-refractivity contribution in [1.29, 1.82) is 0 Å². The maximum absolute atomic E-state index is 5.86. The molecule has 1 aromatic carbocycles. The van der Waals surface area contributed by atoms with Gasteiger partial charge in [0.1, 0.15) is 11.6 Å². The number of nitrogens with zero attached hydrogens (tertiary/aromatic N) is 4. The highest BCUT2D eigenvalue weighted by Crippen LogP contribution is 2.23. The normalized spacial score (nSPS) is 15.6. The number of hydrogen-bond acceptors (Lipinski definition) is 5. The molecule has 0 spiro atoms. The van der Waals surface area contributed by atoms with Crippen LogP contribution < -0.4 is 9.64 Å². The fourth-order valence-electron chi connectivity index (χ4n) is 3.08. The predicted octanol–water partition coefficient (Wildman–Crippen LogP) is 3.32. The van der Waals surface area contributed by atoms with Crippen molar-refractivity contribution < 1.29 is 4.74 Å². The third-order valence-corrected chi connectivity index (χ3v) is 4.51. The van der Waals surface area contributed by atoms with Crippen LogP contribution in [0, 0.1) is 5.92 Å². The topological polar surface area (TPSA) is 51.1 Å². The standard InChI is InChI=1S/C19H20N4O/c1-2-4-18-17(3-1)21-13-19(22-18)23-11-7-15(8-12-23)14-24-16-5-9-20-10-6-16/h1-6,9-10,13,15H,7-8,11-12,14H2. The molecule has 0 saturated carbocycles. The molecule has 1 aliphatic heterocycles. The first-order valence-corrected chi connectivity index (χ1v) is 8.38. The van der Waals surface area contributed by atoms with Gasteiger partial charge in [0.15, 0.2) is 0 Å². The number of para-hydroxylation sites is 2. The van der Waals surface area contributed by atoms with E-state index in [1.54, 1.807) is 12.4 Å². The van der Waals surface area contributed by atoms with Gasteiger partial charge in [0.05, 0.1) is 23.8 Å². The zero-order chi connectivity index (χ0) is 16.2. The Bertz CT molecular complexity index is 801. The number of anilines is 1. The number of ether oxygens (including phenoxy) is 1. The number of aromatic nitrogens is 3. The summed E-state index contributed by atoms with van der Waals surface area (Å²) in [5, 5.41) is 0. The van der Waals surface area contributed by atoms with Gasteiger partial charge >= 0.3 is 0 Å². The van der Waals surface area contributed by atoms with E-state index in [1.807, 2.05) is 42.6 Å². The van der Waals surface area contributed by atoms with Gasteiger partial charge in [-0.3, -0.25) is 9.97 Å². The van der Waals surface area contributed by atoms with Crippen molar-refractivity contribution in [1.82, 2.24) is 15.0 Å². The molecule has 0 amide bonds. The smallest absolute Gasteiger partial charge is 0.147 e. The third-order valence-electron chi connectivity index (χ3n) is 4.51. The van der Waals surface area contributed by atoms with Crippen molar-refractivity contribution in [2.75, 3.05) is 24.6 Å². The van der Waals surface area contributed by atoms with E-state index in [2.05, 4.69) is 14.9 Å². The largest absolute Gasteiger partial charge is 0.493 e. The fraction of sp³-hybridized carbons (Fsp3) is 0.316. The molecule has 0 aliphatic carbocycles. The van der Waals surface area contributed by atoms with Gasteiger partial charge in [0, 0.05) is 25.5 Å². The quantitative estimate of drug-likeness (QED) is 0.738. The van der Waals surface area contributed by atoms with Crippen LogP contribution in [0.1, 0.15) is 12.8 Å². The summed E-state index contributed by atoms with van der Waals surface area (Å²) in [6, 6.07) is 11.8. The van der Waals surface area contributed by atoms with Crippen LogP contribution in [0.5, 0.6) is 5.75 Å². The van der Waals surface area contributed by atoms with Gasteiger partial charge < -0.3 is 9.64 Å². The summed E-state index contributed by atoms with van der Waals surface area (Å²) in [6.07, 6.45) is 7.63. The molecule has 0 N–H and O–H groups in total. The lowest BCUT2D eigenvalue weighted by atomic mass is 9.98. The predicted molar refractivity (Wildman–Crippen MR) is 94.2 cm³/mol. The summed E-state index contributed by atoms with van der Waals surface area (Å²) < 4.78 is 5.86. The molecule has 5 nitrogen and oxygen atoms in total. The Morgan fingerprint density at radius 1 is 1.00 bits per heavy atom.